The fourth-order valence-electron chi connectivity index (χ4n) is 5.06. The van der Waals surface area contributed by atoms with Gasteiger partial charge in [-0.1, -0.05) is 30.3 Å². The second-order valence-electron chi connectivity index (χ2n) is 9.06. The Labute approximate surface area is 200 Å². The number of carbonyl (C=O) groups excluding carboxylic acids is 1. The number of nitrogens with zero attached hydrogens (tertiary/aromatic N) is 3. The van der Waals surface area contributed by atoms with Gasteiger partial charge in [-0.2, -0.15) is 0 Å². The van der Waals surface area contributed by atoms with Crippen molar-refractivity contribution in [2.24, 2.45) is 11.8 Å². The third-order valence-corrected chi connectivity index (χ3v) is 7.74. The molecule has 0 saturated carbocycles. The lowest BCUT2D eigenvalue weighted by atomic mass is 10.0. The normalized spacial score (nSPS) is 19.6. The van der Waals surface area contributed by atoms with Crippen molar-refractivity contribution in [3.05, 3.63) is 83.6 Å². The van der Waals surface area contributed by atoms with Crippen molar-refractivity contribution in [1.82, 2.24) is 9.88 Å². The zero-order chi connectivity index (χ0) is 22.8. The standard InChI is InChI=1S/C27H30N4OS/c1-19-12-20(8-10-25(19)33-2)13-28-26-11-9-21(14-29-26)27(32)31-17-22-15-30(16-23(22)18-31)24-6-4-3-5-7-24/h3-12,14,22-23H,13,15-18H2,1-2H3,(H,28,29). The van der Waals surface area contributed by atoms with Gasteiger partial charge in [0, 0.05) is 61.3 Å². The van der Waals surface area contributed by atoms with Crippen molar-refractivity contribution in [3.8, 4) is 0 Å². The molecule has 0 bridgehead atoms. The fourth-order valence-corrected chi connectivity index (χ4v) is 5.64. The van der Waals surface area contributed by atoms with E-state index in [9.17, 15) is 4.79 Å². The second kappa shape index (κ2) is 9.48. The maximum atomic E-state index is 13.1. The van der Waals surface area contributed by atoms with Gasteiger partial charge in [-0.3, -0.25) is 4.79 Å². The van der Waals surface area contributed by atoms with Crippen molar-refractivity contribution < 1.29 is 4.79 Å². The molecular formula is C27H30N4OS. The molecule has 2 aliphatic heterocycles. The van der Waals surface area contributed by atoms with E-state index >= 15 is 0 Å². The van der Waals surface area contributed by atoms with Gasteiger partial charge in [0.2, 0.25) is 0 Å². The lowest BCUT2D eigenvalue weighted by Crippen LogP contribution is -2.33. The van der Waals surface area contributed by atoms with Crippen LogP contribution >= 0.6 is 11.8 Å². The van der Waals surface area contributed by atoms with Crippen LogP contribution in [0.3, 0.4) is 0 Å². The number of aromatic nitrogens is 1. The molecule has 2 unspecified atom stereocenters. The monoisotopic (exact) mass is 458 g/mol. The number of pyridine rings is 1. The zero-order valence-electron chi connectivity index (χ0n) is 19.2. The van der Waals surface area contributed by atoms with E-state index in [4.69, 9.17) is 0 Å². The first-order valence-corrected chi connectivity index (χ1v) is 12.8. The maximum absolute atomic E-state index is 13.1. The van der Waals surface area contributed by atoms with Crippen LogP contribution in [0.1, 0.15) is 21.5 Å². The van der Waals surface area contributed by atoms with Crippen molar-refractivity contribution in [2.75, 3.05) is 42.7 Å². The molecule has 0 aliphatic carbocycles. The molecule has 2 saturated heterocycles. The van der Waals surface area contributed by atoms with E-state index in [2.05, 4.69) is 76.9 Å². The van der Waals surface area contributed by atoms with Gasteiger partial charge in [0.1, 0.15) is 5.82 Å². The summed E-state index contributed by atoms with van der Waals surface area (Å²) in [4.78, 5) is 23.3. The van der Waals surface area contributed by atoms with Crippen LogP contribution in [-0.4, -0.2) is 48.2 Å². The van der Waals surface area contributed by atoms with Crippen molar-refractivity contribution in [1.29, 1.82) is 0 Å². The smallest absolute Gasteiger partial charge is 0.255 e. The molecule has 2 aromatic carbocycles. The molecule has 3 aromatic rings. The predicted molar refractivity (Wildman–Crippen MR) is 136 cm³/mol. The SMILES string of the molecule is CSc1ccc(CNc2ccc(C(=O)N3CC4CN(c5ccccc5)CC4C3)cn2)cc1C. The summed E-state index contributed by atoms with van der Waals surface area (Å²) >= 11 is 1.77. The first kappa shape index (κ1) is 21.8. The molecule has 33 heavy (non-hydrogen) atoms. The number of rotatable bonds is 6. The van der Waals surface area contributed by atoms with Gasteiger partial charge >= 0.3 is 0 Å². The summed E-state index contributed by atoms with van der Waals surface area (Å²) in [7, 11) is 0. The topological polar surface area (TPSA) is 48.5 Å². The van der Waals surface area contributed by atoms with Crippen LogP contribution in [-0.2, 0) is 6.54 Å². The molecule has 3 heterocycles. The lowest BCUT2D eigenvalue weighted by Gasteiger charge is -2.23. The van der Waals surface area contributed by atoms with Crippen molar-refractivity contribution in [3.63, 3.8) is 0 Å². The van der Waals surface area contributed by atoms with E-state index in [0.29, 0.717) is 23.9 Å². The van der Waals surface area contributed by atoms with Gasteiger partial charge in [-0.25, -0.2) is 4.98 Å². The summed E-state index contributed by atoms with van der Waals surface area (Å²) in [5.74, 6) is 1.97. The molecule has 2 fully saturated rings. The Morgan fingerprint density at radius 3 is 2.42 bits per heavy atom. The minimum atomic E-state index is 0.0954. The Hall–Kier alpha value is -2.99. The predicted octanol–water partition coefficient (Wildman–Crippen LogP) is 4.93. The van der Waals surface area contributed by atoms with E-state index < -0.39 is 0 Å². The molecule has 1 aromatic heterocycles. The van der Waals surface area contributed by atoms with Crippen LogP contribution in [0.15, 0.2) is 71.8 Å². The molecule has 170 valence electrons. The number of aryl methyl sites for hydroxylation is 1. The largest absolute Gasteiger partial charge is 0.371 e. The number of anilines is 2. The van der Waals surface area contributed by atoms with E-state index in [1.54, 1.807) is 18.0 Å². The number of benzene rings is 2. The Bertz CT molecular complexity index is 1100. The molecule has 2 atom stereocenters. The number of fused-ring (bicyclic) bond motifs is 1. The second-order valence-corrected chi connectivity index (χ2v) is 9.91. The summed E-state index contributed by atoms with van der Waals surface area (Å²) in [5.41, 5.74) is 4.46. The first-order chi connectivity index (χ1) is 16.1. The number of thioether (sulfide) groups is 1. The van der Waals surface area contributed by atoms with Crippen LogP contribution < -0.4 is 10.2 Å². The number of amides is 1. The highest BCUT2D eigenvalue weighted by molar-refractivity contribution is 7.98. The minimum absolute atomic E-state index is 0.0954. The number of carbonyl (C=O) groups is 1. The Kier molecular flexibility index (Phi) is 6.27. The highest BCUT2D eigenvalue weighted by atomic mass is 32.2. The molecule has 5 nitrogen and oxygen atoms in total. The molecule has 6 heteroatoms. The number of hydrogen-bond donors (Lipinski definition) is 1. The molecule has 0 spiro atoms. The highest BCUT2D eigenvalue weighted by Crippen LogP contribution is 2.34. The Balaban J connectivity index is 1.15. The molecule has 1 amide bonds. The van der Waals surface area contributed by atoms with E-state index in [1.165, 1.54) is 21.7 Å². The summed E-state index contributed by atoms with van der Waals surface area (Å²) in [6.45, 7) is 6.56. The number of nitrogens with one attached hydrogen (secondary N) is 1. The summed E-state index contributed by atoms with van der Waals surface area (Å²) in [6, 6.07) is 20.9. The molecule has 2 aliphatic rings. The number of likely N-dealkylation sites (tertiary alicyclic amines) is 1. The van der Waals surface area contributed by atoms with Crippen molar-refractivity contribution in [2.45, 2.75) is 18.4 Å². The third-order valence-electron chi connectivity index (χ3n) is 6.84. The van der Waals surface area contributed by atoms with Crippen LogP contribution in [0.25, 0.3) is 0 Å². The molecule has 5 rings (SSSR count). The Morgan fingerprint density at radius 1 is 1.03 bits per heavy atom. The highest BCUT2D eigenvalue weighted by Gasteiger charge is 2.41. The summed E-state index contributed by atoms with van der Waals surface area (Å²) in [6.07, 6.45) is 3.80. The Morgan fingerprint density at radius 2 is 1.79 bits per heavy atom. The fraction of sp³-hybridized carbons (Fsp3) is 0.333. The summed E-state index contributed by atoms with van der Waals surface area (Å²) in [5, 5.41) is 3.37. The number of para-hydroxylation sites is 1. The van der Waals surface area contributed by atoms with Gasteiger partial charge in [0.05, 0.1) is 5.56 Å². The number of hydrogen-bond acceptors (Lipinski definition) is 5. The van der Waals surface area contributed by atoms with Gasteiger partial charge < -0.3 is 15.1 Å². The van der Waals surface area contributed by atoms with E-state index in [1.807, 2.05) is 17.0 Å². The average Bonchev–Trinajstić information content (AvgIpc) is 3.43. The van der Waals surface area contributed by atoms with Gasteiger partial charge in [-0.15, -0.1) is 11.8 Å². The quantitative estimate of drug-likeness (QED) is 0.531. The summed E-state index contributed by atoms with van der Waals surface area (Å²) < 4.78 is 0. The molecule has 1 N–H and O–H groups in total. The van der Waals surface area contributed by atoms with E-state index in [0.717, 1.165) is 32.0 Å². The minimum Gasteiger partial charge on any atom is -0.371 e. The van der Waals surface area contributed by atoms with Gasteiger partial charge in [0.25, 0.3) is 5.91 Å². The third kappa shape index (κ3) is 4.71. The van der Waals surface area contributed by atoms with Crippen LogP contribution in [0.4, 0.5) is 11.5 Å². The van der Waals surface area contributed by atoms with Crippen LogP contribution in [0.2, 0.25) is 0 Å². The molecule has 0 radical (unpaired) electrons. The van der Waals surface area contributed by atoms with Gasteiger partial charge in [0.15, 0.2) is 0 Å². The first-order valence-electron chi connectivity index (χ1n) is 11.5. The van der Waals surface area contributed by atoms with Gasteiger partial charge in [-0.05, 0) is 54.6 Å². The zero-order valence-corrected chi connectivity index (χ0v) is 20.0. The van der Waals surface area contributed by atoms with Crippen LogP contribution in [0, 0.1) is 18.8 Å². The van der Waals surface area contributed by atoms with Crippen molar-refractivity contribution >= 4 is 29.2 Å². The molecular weight excluding hydrogens is 428 g/mol. The average molecular weight is 459 g/mol. The maximum Gasteiger partial charge on any atom is 0.255 e. The van der Waals surface area contributed by atoms with Crippen LogP contribution in [0.5, 0.6) is 0 Å². The lowest BCUT2D eigenvalue weighted by molar-refractivity contribution is 0.0782. The van der Waals surface area contributed by atoms with E-state index in [-0.39, 0.29) is 5.91 Å².